The van der Waals surface area contributed by atoms with Gasteiger partial charge in [0.05, 0.1) is 5.39 Å². The van der Waals surface area contributed by atoms with Crippen molar-refractivity contribution in [3.63, 3.8) is 0 Å². The van der Waals surface area contributed by atoms with Gasteiger partial charge in [0, 0.05) is 16.2 Å². The maximum absolute atomic E-state index is 10.2. The molecule has 4 nitrogen and oxygen atoms in total. The molecule has 0 saturated heterocycles. The van der Waals surface area contributed by atoms with E-state index >= 15 is 0 Å². The zero-order chi connectivity index (χ0) is 12.7. The average Bonchev–Trinajstić information content (AvgIpc) is 2.41. The minimum absolute atomic E-state index is 0.0135. The summed E-state index contributed by atoms with van der Waals surface area (Å²) < 4.78 is 0. The second-order valence-electron chi connectivity index (χ2n) is 4.05. The van der Waals surface area contributed by atoms with E-state index in [9.17, 15) is 10.2 Å². The van der Waals surface area contributed by atoms with Crippen LogP contribution in [0.15, 0.2) is 47.6 Å². The molecule has 0 unspecified atom stereocenters. The molecule has 0 bridgehead atoms. The number of nitrogens with one attached hydrogen (secondary N) is 1. The van der Waals surface area contributed by atoms with Crippen LogP contribution in [0.1, 0.15) is 0 Å². The molecule has 0 fully saturated rings. The molecule has 4 heteroatoms. The van der Waals surface area contributed by atoms with Gasteiger partial charge in [0.2, 0.25) is 0 Å². The second-order valence-corrected chi connectivity index (χ2v) is 4.05. The van der Waals surface area contributed by atoms with Gasteiger partial charge >= 0.3 is 0 Å². The van der Waals surface area contributed by atoms with Crippen molar-refractivity contribution in [3.8, 4) is 11.5 Å². The van der Waals surface area contributed by atoms with Crippen LogP contribution in [0, 0.1) is 5.53 Å². The molecule has 0 saturated carbocycles. The van der Waals surface area contributed by atoms with Crippen LogP contribution in [0.25, 0.3) is 21.5 Å². The van der Waals surface area contributed by atoms with Crippen LogP contribution >= 0.6 is 0 Å². The van der Waals surface area contributed by atoms with E-state index in [2.05, 4.69) is 5.11 Å². The fourth-order valence-corrected chi connectivity index (χ4v) is 2.28. The molecule has 0 aliphatic heterocycles. The standard InChI is InChI=1S/C14H10N2O2/c15-16-13-8-4-1-2-5-9(8)14(18)10-6-3-7-11(17)12(10)13/h1-7,15,17-18H. The monoisotopic (exact) mass is 238 g/mol. The van der Waals surface area contributed by atoms with Crippen molar-refractivity contribution in [2.45, 2.75) is 0 Å². The Bertz CT molecular complexity index is 781. The fraction of sp³-hybridized carbons (Fsp3) is 0. The first kappa shape index (κ1) is 10.5. The van der Waals surface area contributed by atoms with Crippen LogP contribution < -0.4 is 0 Å². The summed E-state index contributed by atoms with van der Waals surface area (Å²) in [6, 6.07) is 12.0. The van der Waals surface area contributed by atoms with Gasteiger partial charge in [0.25, 0.3) is 0 Å². The van der Waals surface area contributed by atoms with E-state index in [-0.39, 0.29) is 11.5 Å². The molecule has 0 aromatic heterocycles. The van der Waals surface area contributed by atoms with Crippen LogP contribution in [0.3, 0.4) is 0 Å². The van der Waals surface area contributed by atoms with Crippen molar-refractivity contribution < 1.29 is 10.2 Å². The highest BCUT2D eigenvalue weighted by molar-refractivity contribution is 6.16. The number of phenolic OH excluding ortho intramolecular Hbond substituents is 2. The largest absolute Gasteiger partial charge is 0.507 e. The molecule has 3 aromatic rings. The fourth-order valence-electron chi connectivity index (χ4n) is 2.28. The molecular weight excluding hydrogens is 228 g/mol. The zero-order valence-corrected chi connectivity index (χ0v) is 9.38. The van der Waals surface area contributed by atoms with E-state index in [1.807, 2.05) is 12.1 Å². The summed E-state index contributed by atoms with van der Waals surface area (Å²) in [5, 5.41) is 25.8. The van der Waals surface area contributed by atoms with Crippen molar-refractivity contribution >= 4 is 27.2 Å². The van der Waals surface area contributed by atoms with E-state index in [0.29, 0.717) is 27.2 Å². The SMILES string of the molecule is N=Nc1c2ccccc2c(O)c2cccc(O)c12. The summed E-state index contributed by atoms with van der Waals surface area (Å²) in [6.45, 7) is 0. The molecule has 0 atom stereocenters. The number of hydrogen-bond donors (Lipinski definition) is 3. The molecule has 0 aliphatic rings. The topological polar surface area (TPSA) is 76.7 Å². The predicted octanol–water partition coefficient (Wildman–Crippen LogP) is 4.07. The Morgan fingerprint density at radius 3 is 2.22 bits per heavy atom. The van der Waals surface area contributed by atoms with E-state index in [0.717, 1.165) is 0 Å². The van der Waals surface area contributed by atoms with Gasteiger partial charge in [-0.3, -0.25) is 0 Å². The van der Waals surface area contributed by atoms with Crippen molar-refractivity contribution in [1.29, 1.82) is 5.53 Å². The van der Waals surface area contributed by atoms with Crippen molar-refractivity contribution in [3.05, 3.63) is 42.5 Å². The van der Waals surface area contributed by atoms with E-state index in [1.54, 1.807) is 24.3 Å². The highest BCUT2D eigenvalue weighted by atomic mass is 16.3. The number of nitrogens with zero attached hydrogens (tertiary/aromatic N) is 1. The lowest BCUT2D eigenvalue weighted by atomic mass is 9.99. The molecule has 0 spiro atoms. The third kappa shape index (κ3) is 1.26. The normalized spacial score (nSPS) is 10.9. The number of benzene rings is 3. The molecule has 88 valence electrons. The summed E-state index contributed by atoms with van der Waals surface area (Å²) in [7, 11) is 0. The number of hydrogen-bond acceptors (Lipinski definition) is 4. The molecule has 18 heavy (non-hydrogen) atoms. The van der Waals surface area contributed by atoms with Crippen molar-refractivity contribution in [1.82, 2.24) is 0 Å². The van der Waals surface area contributed by atoms with Gasteiger partial charge in [-0.2, -0.15) is 5.11 Å². The quantitative estimate of drug-likeness (QED) is 0.441. The van der Waals surface area contributed by atoms with Crippen LogP contribution in [0.2, 0.25) is 0 Å². The van der Waals surface area contributed by atoms with Crippen molar-refractivity contribution in [2.24, 2.45) is 5.11 Å². The summed E-state index contributed by atoms with van der Waals surface area (Å²) in [5.74, 6) is 0.114. The highest BCUT2D eigenvalue weighted by Crippen LogP contribution is 2.45. The Morgan fingerprint density at radius 2 is 1.50 bits per heavy atom. The Hall–Kier alpha value is -2.62. The first-order valence-electron chi connectivity index (χ1n) is 5.47. The van der Waals surface area contributed by atoms with Gasteiger partial charge < -0.3 is 10.2 Å². The van der Waals surface area contributed by atoms with Gasteiger partial charge in [0.1, 0.15) is 17.2 Å². The number of rotatable bonds is 1. The molecule has 3 aromatic carbocycles. The minimum Gasteiger partial charge on any atom is -0.507 e. The first-order valence-corrected chi connectivity index (χ1v) is 5.47. The van der Waals surface area contributed by atoms with Gasteiger partial charge in [-0.05, 0) is 6.07 Å². The molecule has 0 heterocycles. The van der Waals surface area contributed by atoms with Crippen molar-refractivity contribution in [2.75, 3.05) is 0 Å². The third-order valence-corrected chi connectivity index (χ3v) is 3.08. The summed E-state index contributed by atoms with van der Waals surface area (Å²) in [6.07, 6.45) is 0. The lowest BCUT2D eigenvalue weighted by molar-refractivity contribution is 0.478. The molecule has 3 N–H and O–H groups in total. The molecule has 0 radical (unpaired) electrons. The summed E-state index contributed by atoms with van der Waals surface area (Å²) in [5.41, 5.74) is 7.68. The van der Waals surface area contributed by atoms with Crippen LogP contribution in [0.4, 0.5) is 5.69 Å². The second kappa shape index (κ2) is 3.70. The van der Waals surface area contributed by atoms with Crippen LogP contribution in [-0.2, 0) is 0 Å². The minimum atomic E-state index is 0.0135. The van der Waals surface area contributed by atoms with E-state index < -0.39 is 0 Å². The molecule has 0 amide bonds. The lowest BCUT2D eigenvalue weighted by Crippen LogP contribution is -1.81. The summed E-state index contributed by atoms with van der Waals surface area (Å²) in [4.78, 5) is 0. The van der Waals surface area contributed by atoms with Gasteiger partial charge in [-0.25, -0.2) is 5.53 Å². The number of fused-ring (bicyclic) bond motifs is 2. The Kier molecular flexibility index (Phi) is 2.16. The molecular formula is C14H10N2O2. The van der Waals surface area contributed by atoms with E-state index in [1.165, 1.54) is 6.07 Å². The number of aromatic hydroxyl groups is 2. The lowest BCUT2D eigenvalue weighted by Gasteiger charge is -2.10. The van der Waals surface area contributed by atoms with E-state index in [4.69, 9.17) is 5.53 Å². The zero-order valence-electron chi connectivity index (χ0n) is 9.38. The first-order chi connectivity index (χ1) is 8.74. The Balaban J connectivity index is 2.71. The molecule has 0 aliphatic carbocycles. The van der Waals surface area contributed by atoms with Gasteiger partial charge in [0.15, 0.2) is 0 Å². The molecule has 3 rings (SSSR count). The summed E-state index contributed by atoms with van der Waals surface area (Å²) >= 11 is 0. The van der Waals surface area contributed by atoms with Gasteiger partial charge in [-0.1, -0.05) is 36.4 Å². The smallest absolute Gasteiger partial charge is 0.131 e. The number of phenols is 2. The average molecular weight is 238 g/mol. The van der Waals surface area contributed by atoms with Crippen LogP contribution in [-0.4, -0.2) is 10.2 Å². The Labute approximate surface area is 103 Å². The predicted molar refractivity (Wildman–Crippen MR) is 69.6 cm³/mol. The Morgan fingerprint density at radius 1 is 0.833 bits per heavy atom. The maximum Gasteiger partial charge on any atom is 0.131 e. The van der Waals surface area contributed by atoms with Crippen LogP contribution in [0.5, 0.6) is 11.5 Å². The van der Waals surface area contributed by atoms with Gasteiger partial charge in [-0.15, -0.1) is 0 Å². The third-order valence-electron chi connectivity index (χ3n) is 3.08. The maximum atomic E-state index is 10.2. The highest BCUT2D eigenvalue weighted by Gasteiger charge is 2.15.